The largest absolute Gasteiger partial charge is 0.465 e. The molecule has 0 aliphatic heterocycles. The molecule has 0 N–H and O–H groups in total. The van der Waals surface area contributed by atoms with Gasteiger partial charge in [-0.25, -0.2) is 4.79 Å². The molecule has 100 valence electrons. The first kappa shape index (κ1) is 14.5. The van der Waals surface area contributed by atoms with Gasteiger partial charge in [0.25, 0.3) is 0 Å². The summed E-state index contributed by atoms with van der Waals surface area (Å²) in [5.74, 6) is -0.660. The molecule has 0 aliphatic rings. The number of esters is 1. The van der Waals surface area contributed by atoms with Crippen LogP contribution in [-0.2, 0) is 17.3 Å². The van der Waals surface area contributed by atoms with Gasteiger partial charge in [-0.05, 0) is 30.0 Å². The van der Waals surface area contributed by atoms with Crippen LogP contribution in [0.25, 0.3) is 0 Å². The van der Waals surface area contributed by atoms with Crippen LogP contribution >= 0.6 is 0 Å². The van der Waals surface area contributed by atoms with E-state index in [1.54, 1.807) is 0 Å². The number of hydrogen-bond acceptors (Lipinski definition) is 2. The van der Waals surface area contributed by atoms with Crippen LogP contribution < -0.4 is 0 Å². The highest BCUT2D eigenvalue weighted by Gasteiger charge is 2.34. The Morgan fingerprint density at radius 3 is 2.39 bits per heavy atom. The summed E-state index contributed by atoms with van der Waals surface area (Å²) in [6, 6.07) is 3.55. The van der Waals surface area contributed by atoms with E-state index >= 15 is 0 Å². The first-order valence-corrected chi connectivity index (χ1v) is 5.54. The van der Waals surface area contributed by atoms with Crippen molar-refractivity contribution in [1.29, 1.82) is 0 Å². The van der Waals surface area contributed by atoms with Gasteiger partial charge in [0.15, 0.2) is 0 Å². The fourth-order valence-electron chi connectivity index (χ4n) is 1.70. The third kappa shape index (κ3) is 3.48. The zero-order chi connectivity index (χ0) is 13.9. The molecule has 1 aromatic carbocycles. The lowest BCUT2D eigenvalue weighted by atomic mass is 9.96. The van der Waals surface area contributed by atoms with Crippen LogP contribution in [0.15, 0.2) is 18.2 Å². The van der Waals surface area contributed by atoms with E-state index in [0.29, 0.717) is 6.42 Å². The molecule has 0 radical (unpaired) electrons. The summed E-state index contributed by atoms with van der Waals surface area (Å²) in [7, 11) is 1.14. The number of carbonyl (C=O) groups is 1. The third-order valence-electron chi connectivity index (χ3n) is 2.46. The van der Waals surface area contributed by atoms with Gasteiger partial charge in [0.1, 0.15) is 0 Å². The molecular formula is C13H15F3O2. The Morgan fingerprint density at radius 2 is 1.94 bits per heavy atom. The number of ether oxygens (including phenoxy) is 1. The molecule has 2 nitrogen and oxygen atoms in total. The smallest absolute Gasteiger partial charge is 0.416 e. The van der Waals surface area contributed by atoms with Crippen LogP contribution in [-0.4, -0.2) is 13.1 Å². The average Bonchev–Trinajstić information content (AvgIpc) is 2.26. The van der Waals surface area contributed by atoms with Crippen molar-refractivity contribution in [2.24, 2.45) is 5.92 Å². The lowest BCUT2D eigenvalue weighted by Crippen LogP contribution is -2.13. The highest BCUT2D eigenvalue weighted by Crippen LogP contribution is 2.33. The molecule has 0 atom stereocenters. The van der Waals surface area contributed by atoms with Crippen molar-refractivity contribution in [3.63, 3.8) is 0 Å². The predicted molar refractivity (Wildman–Crippen MR) is 61.3 cm³/mol. The fourth-order valence-corrected chi connectivity index (χ4v) is 1.70. The lowest BCUT2D eigenvalue weighted by Gasteiger charge is -2.15. The maximum absolute atomic E-state index is 12.9. The van der Waals surface area contributed by atoms with Crippen molar-refractivity contribution >= 4 is 5.97 Å². The van der Waals surface area contributed by atoms with Gasteiger partial charge in [0.05, 0.1) is 18.2 Å². The summed E-state index contributed by atoms with van der Waals surface area (Å²) in [4.78, 5) is 11.2. The molecule has 0 aromatic heterocycles. The first-order chi connectivity index (χ1) is 8.25. The summed E-state index contributed by atoms with van der Waals surface area (Å²) in [5, 5.41) is 0. The average molecular weight is 260 g/mol. The number of hydrogen-bond donors (Lipinski definition) is 0. The monoisotopic (exact) mass is 260 g/mol. The van der Waals surface area contributed by atoms with Crippen LogP contribution in [0.5, 0.6) is 0 Å². The summed E-state index contributed by atoms with van der Waals surface area (Å²) in [6.45, 7) is 3.68. The van der Waals surface area contributed by atoms with Crippen molar-refractivity contribution in [2.45, 2.75) is 26.4 Å². The molecular weight excluding hydrogens is 245 g/mol. The standard InChI is InChI=1S/C13H15F3O2/c1-8(2)6-9-4-5-10(12(17)18-3)7-11(9)13(14,15)16/h4-5,7-8H,6H2,1-3H3. The lowest BCUT2D eigenvalue weighted by molar-refractivity contribution is -0.138. The minimum Gasteiger partial charge on any atom is -0.465 e. The van der Waals surface area contributed by atoms with E-state index in [2.05, 4.69) is 4.74 Å². The molecule has 0 unspecified atom stereocenters. The molecule has 0 aliphatic carbocycles. The van der Waals surface area contributed by atoms with Crippen molar-refractivity contribution in [3.8, 4) is 0 Å². The molecule has 1 rings (SSSR count). The second kappa shape index (κ2) is 5.42. The van der Waals surface area contributed by atoms with E-state index < -0.39 is 17.7 Å². The molecule has 1 aromatic rings. The van der Waals surface area contributed by atoms with Gasteiger partial charge in [0.2, 0.25) is 0 Å². The summed E-state index contributed by atoms with van der Waals surface area (Å²) < 4.78 is 43.1. The molecule has 0 fully saturated rings. The molecule has 0 bridgehead atoms. The van der Waals surface area contributed by atoms with Crippen molar-refractivity contribution < 1.29 is 22.7 Å². The molecule has 0 heterocycles. The topological polar surface area (TPSA) is 26.3 Å². The minimum absolute atomic E-state index is 0.0858. The van der Waals surface area contributed by atoms with Gasteiger partial charge in [-0.3, -0.25) is 0 Å². The zero-order valence-corrected chi connectivity index (χ0v) is 10.5. The summed E-state index contributed by atoms with van der Waals surface area (Å²) >= 11 is 0. The van der Waals surface area contributed by atoms with E-state index in [1.165, 1.54) is 12.1 Å². The van der Waals surface area contributed by atoms with Crippen LogP contribution in [0.3, 0.4) is 0 Å². The van der Waals surface area contributed by atoms with Gasteiger partial charge in [0, 0.05) is 0 Å². The number of methoxy groups -OCH3 is 1. The number of halogens is 3. The second-order valence-corrected chi connectivity index (χ2v) is 4.46. The Balaban J connectivity index is 3.25. The first-order valence-electron chi connectivity index (χ1n) is 5.54. The molecule has 18 heavy (non-hydrogen) atoms. The summed E-state index contributed by atoms with van der Waals surface area (Å²) in [5.41, 5.74) is -0.651. The van der Waals surface area contributed by atoms with Gasteiger partial charge in [-0.2, -0.15) is 13.2 Å². The van der Waals surface area contributed by atoms with Crippen LogP contribution in [0.1, 0.15) is 35.3 Å². The Hall–Kier alpha value is -1.52. The molecule has 0 amide bonds. The van der Waals surface area contributed by atoms with Crippen molar-refractivity contribution in [3.05, 3.63) is 34.9 Å². The van der Waals surface area contributed by atoms with Crippen molar-refractivity contribution in [2.75, 3.05) is 7.11 Å². The SMILES string of the molecule is COC(=O)c1ccc(CC(C)C)c(C(F)(F)F)c1. The Bertz CT molecular complexity index is 436. The van der Waals surface area contributed by atoms with E-state index in [1.807, 2.05) is 13.8 Å². The molecule has 0 spiro atoms. The van der Waals surface area contributed by atoms with Gasteiger partial charge >= 0.3 is 12.1 Å². The van der Waals surface area contributed by atoms with Crippen LogP contribution in [0.2, 0.25) is 0 Å². The maximum Gasteiger partial charge on any atom is 0.416 e. The summed E-state index contributed by atoms with van der Waals surface area (Å²) in [6.07, 6.45) is -4.15. The molecule has 5 heteroatoms. The van der Waals surface area contributed by atoms with E-state index in [4.69, 9.17) is 0 Å². The Labute approximate surface area is 104 Å². The van der Waals surface area contributed by atoms with Crippen molar-refractivity contribution in [1.82, 2.24) is 0 Å². The Kier molecular flexibility index (Phi) is 4.38. The predicted octanol–water partition coefficient (Wildman–Crippen LogP) is 3.69. The quantitative estimate of drug-likeness (QED) is 0.775. The van der Waals surface area contributed by atoms with E-state index in [0.717, 1.165) is 13.2 Å². The van der Waals surface area contributed by atoms with Crippen LogP contribution in [0.4, 0.5) is 13.2 Å². The van der Waals surface area contributed by atoms with Gasteiger partial charge in [-0.1, -0.05) is 19.9 Å². The number of alkyl halides is 3. The molecule has 0 saturated heterocycles. The van der Waals surface area contributed by atoms with Gasteiger partial charge in [-0.15, -0.1) is 0 Å². The maximum atomic E-state index is 12.9. The Morgan fingerprint density at radius 1 is 1.33 bits per heavy atom. The van der Waals surface area contributed by atoms with E-state index in [-0.39, 0.29) is 17.0 Å². The third-order valence-corrected chi connectivity index (χ3v) is 2.46. The normalized spacial score (nSPS) is 11.7. The highest BCUT2D eigenvalue weighted by molar-refractivity contribution is 5.89. The number of carbonyl (C=O) groups excluding carboxylic acids is 1. The van der Waals surface area contributed by atoms with E-state index in [9.17, 15) is 18.0 Å². The van der Waals surface area contributed by atoms with Gasteiger partial charge < -0.3 is 4.74 Å². The minimum atomic E-state index is -4.46. The number of benzene rings is 1. The molecule has 0 saturated carbocycles. The zero-order valence-electron chi connectivity index (χ0n) is 10.5. The highest BCUT2D eigenvalue weighted by atomic mass is 19.4. The fraction of sp³-hybridized carbons (Fsp3) is 0.462. The second-order valence-electron chi connectivity index (χ2n) is 4.46. The number of rotatable bonds is 3. The van der Waals surface area contributed by atoms with Crippen LogP contribution in [0, 0.1) is 5.92 Å².